The Balaban J connectivity index is 2.17. The molecule has 1 aromatic rings. The van der Waals surface area contributed by atoms with Gasteiger partial charge in [-0.05, 0) is 54.0 Å². The van der Waals surface area contributed by atoms with Crippen LogP contribution in [-0.4, -0.2) is 11.1 Å². The molecule has 3 atom stereocenters. The van der Waals surface area contributed by atoms with Crippen LogP contribution in [0.3, 0.4) is 0 Å². The van der Waals surface area contributed by atoms with Crippen LogP contribution in [0.15, 0.2) is 12.1 Å². The molecular weight excluding hydrogens is 314 g/mol. The molecule has 20 heavy (non-hydrogen) atoms. The molecule has 0 heterocycles. The molecule has 2 bridgehead atoms. The molecule has 0 aliphatic heterocycles. The summed E-state index contributed by atoms with van der Waals surface area (Å²) in [6.45, 7) is 2.31. The molecule has 0 radical (unpaired) electrons. The number of hydrogen-bond acceptors (Lipinski definition) is 2. The lowest BCUT2D eigenvalue weighted by molar-refractivity contribution is 0.201. The summed E-state index contributed by atoms with van der Waals surface area (Å²) in [4.78, 5) is 0. The van der Waals surface area contributed by atoms with E-state index in [2.05, 4.69) is 22.9 Å². The normalized spacial score (nSPS) is 33.1. The Labute approximate surface area is 129 Å². The summed E-state index contributed by atoms with van der Waals surface area (Å²) >= 11 is 3.58. The summed E-state index contributed by atoms with van der Waals surface area (Å²) < 4.78 is 0. The number of nitrogens with two attached hydrogens (primary N) is 1. The number of phenolic OH excluding ortho intramolecular Hbond substituents is 1. The minimum absolute atomic E-state index is 0.0222. The van der Waals surface area contributed by atoms with Gasteiger partial charge in [0.05, 0.1) is 0 Å². The van der Waals surface area contributed by atoms with E-state index in [0.717, 1.165) is 18.2 Å². The first kappa shape index (κ1) is 14.4. The maximum atomic E-state index is 10.1. The van der Waals surface area contributed by atoms with E-state index in [4.69, 9.17) is 5.73 Å². The van der Waals surface area contributed by atoms with Crippen LogP contribution in [0.2, 0.25) is 0 Å². The molecule has 1 fully saturated rings. The van der Waals surface area contributed by atoms with Gasteiger partial charge in [0, 0.05) is 16.8 Å². The highest BCUT2D eigenvalue weighted by molar-refractivity contribution is 9.08. The first-order chi connectivity index (χ1) is 9.56. The Hall–Kier alpha value is -0.540. The Bertz CT molecular complexity index is 516. The summed E-state index contributed by atoms with van der Waals surface area (Å²) in [5.74, 6) is 0.974. The van der Waals surface area contributed by atoms with Crippen molar-refractivity contribution in [2.45, 2.75) is 62.2 Å². The summed E-state index contributed by atoms with van der Waals surface area (Å²) in [5, 5.41) is 10.9. The lowest BCUT2D eigenvalue weighted by atomic mass is 9.59. The van der Waals surface area contributed by atoms with Crippen molar-refractivity contribution in [2.24, 2.45) is 11.7 Å². The second kappa shape index (κ2) is 5.34. The van der Waals surface area contributed by atoms with Gasteiger partial charge in [0.25, 0.3) is 0 Å². The third kappa shape index (κ3) is 2.19. The van der Waals surface area contributed by atoms with E-state index >= 15 is 0 Å². The van der Waals surface area contributed by atoms with Gasteiger partial charge in [-0.3, -0.25) is 0 Å². The zero-order valence-corrected chi connectivity index (χ0v) is 13.7. The van der Waals surface area contributed by atoms with Gasteiger partial charge in [-0.15, -0.1) is 0 Å². The van der Waals surface area contributed by atoms with Gasteiger partial charge in [0.1, 0.15) is 5.75 Å². The number of fused-ring (bicyclic) bond motifs is 4. The second-order valence-electron chi connectivity index (χ2n) is 6.77. The van der Waals surface area contributed by atoms with E-state index in [9.17, 15) is 5.11 Å². The Morgan fingerprint density at radius 2 is 2.15 bits per heavy atom. The summed E-state index contributed by atoms with van der Waals surface area (Å²) in [7, 11) is 0. The zero-order valence-electron chi connectivity index (χ0n) is 12.2. The molecule has 110 valence electrons. The molecule has 3 unspecified atom stereocenters. The van der Waals surface area contributed by atoms with Gasteiger partial charge in [0.2, 0.25) is 0 Å². The summed E-state index contributed by atoms with van der Waals surface area (Å²) in [5.41, 5.74) is 10.7. The van der Waals surface area contributed by atoms with Gasteiger partial charge in [-0.1, -0.05) is 42.1 Å². The maximum Gasteiger partial charge on any atom is 0.116 e. The van der Waals surface area contributed by atoms with Crippen LogP contribution < -0.4 is 5.73 Å². The molecule has 3 N–H and O–H groups in total. The predicted octanol–water partition coefficient (Wildman–Crippen LogP) is 4.01. The molecule has 3 rings (SSSR count). The van der Waals surface area contributed by atoms with Crippen molar-refractivity contribution >= 4 is 15.9 Å². The topological polar surface area (TPSA) is 46.2 Å². The van der Waals surface area contributed by atoms with Gasteiger partial charge < -0.3 is 10.8 Å². The van der Waals surface area contributed by atoms with E-state index in [-0.39, 0.29) is 11.5 Å². The molecule has 0 spiro atoms. The molecule has 2 aliphatic rings. The highest BCUT2D eigenvalue weighted by Gasteiger charge is 2.44. The van der Waals surface area contributed by atoms with E-state index in [1.165, 1.54) is 42.4 Å². The van der Waals surface area contributed by atoms with E-state index in [0.29, 0.717) is 11.7 Å². The SMILES string of the molecule is CC12CCCCCC(Cc3c(CBr)cc(O)cc31)C2N. The van der Waals surface area contributed by atoms with Crippen molar-refractivity contribution in [3.05, 3.63) is 28.8 Å². The zero-order chi connectivity index (χ0) is 14.3. The largest absolute Gasteiger partial charge is 0.508 e. The Morgan fingerprint density at radius 1 is 1.35 bits per heavy atom. The number of rotatable bonds is 1. The summed E-state index contributed by atoms with van der Waals surface area (Å²) in [6, 6.07) is 4.10. The Kier molecular flexibility index (Phi) is 3.85. The Morgan fingerprint density at radius 3 is 2.90 bits per heavy atom. The number of aromatic hydroxyl groups is 1. The smallest absolute Gasteiger partial charge is 0.116 e. The first-order valence-electron chi connectivity index (χ1n) is 7.73. The fourth-order valence-corrected chi connectivity index (χ4v) is 4.83. The molecule has 1 saturated carbocycles. The number of benzene rings is 1. The fraction of sp³-hybridized carbons (Fsp3) is 0.647. The van der Waals surface area contributed by atoms with E-state index in [1.807, 2.05) is 12.1 Å². The lowest BCUT2D eigenvalue weighted by Crippen LogP contribution is -2.53. The maximum absolute atomic E-state index is 10.1. The van der Waals surface area contributed by atoms with Crippen molar-refractivity contribution in [1.29, 1.82) is 0 Å². The molecule has 0 aromatic heterocycles. The van der Waals surface area contributed by atoms with Crippen molar-refractivity contribution in [2.75, 3.05) is 0 Å². The minimum atomic E-state index is 0.0222. The van der Waals surface area contributed by atoms with Gasteiger partial charge >= 0.3 is 0 Å². The number of hydrogen-bond donors (Lipinski definition) is 2. The highest BCUT2D eigenvalue weighted by atomic mass is 79.9. The number of halogens is 1. The monoisotopic (exact) mass is 337 g/mol. The second-order valence-corrected chi connectivity index (χ2v) is 7.33. The third-order valence-electron chi connectivity index (χ3n) is 5.57. The fourth-order valence-electron chi connectivity index (χ4n) is 4.33. The van der Waals surface area contributed by atoms with Crippen molar-refractivity contribution in [3.63, 3.8) is 0 Å². The minimum Gasteiger partial charge on any atom is -0.508 e. The molecule has 2 nitrogen and oxygen atoms in total. The molecule has 2 aliphatic carbocycles. The predicted molar refractivity (Wildman–Crippen MR) is 86.3 cm³/mol. The van der Waals surface area contributed by atoms with Crippen LogP contribution in [0.5, 0.6) is 5.75 Å². The molecule has 1 aromatic carbocycles. The van der Waals surface area contributed by atoms with Crippen LogP contribution in [-0.2, 0) is 17.2 Å². The van der Waals surface area contributed by atoms with Crippen LogP contribution in [0.1, 0.15) is 55.7 Å². The quantitative estimate of drug-likeness (QED) is 0.760. The van der Waals surface area contributed by atoms with Gasteiger partial charge in [-0.25, -0.2) is 0 Å². The average molecular weight is 338 g/mol. The van der Waals surface area contributed by atoms with Crippen LogP contribution in [0.4, 0.5) is 0 Å². The van der Waals surface area contributed by atoms with Crippen LogP contribution in [0.25, 0.3) is 0 Å². The molecule has 0 saturated heterocycles. The number of alkyl halides is 1. The van der Waals surface area contributed by atoms with Crippen molar-refractivity contribution < 1.29 is 5.11 Å². The standard InChI is InChI=1S/C17H24BrNO/c1-17-6-4-2-3-5-11(16(17)19)8-14-12(10-18)7-13(20)9-15(14)17/h7,9,11,16,20H,2-6,8,10,19H2,1H3. The lowest BCUT2D eigenvalue weighted by Gasteiger charge is -2.48. The molecule has 0 amide bonds. The van der Waals surface area contributed by atoms with E-state index in [1.54, 1.807) is 0 Å². The van der Waals surface area contributed by atoms with E-state index < -0.39 is 0 Å². The van der Waals surface area contributed by atoms with Crippen molar-refractivity contribution in [3.8, 4) is 5.75 Å². The first-order valence-corrected chi connectivity index (χ1v) is 8.85. The average Bonchev–Trinajstić information content (AvgIpc) is 2.43. The summed E-state index contributed by atoms with van der Waals surface area (Å²) in [6.07, 6.45) is 7.34. The van der Waals surface area contributed by atoms with Crippen molar-refractivity contribution in [1.82, 2.24) is 0 Å². The number of phenols is 1. The van der Waals surface area contributed by atoms with Gasteiger partial charge in [-0.2, -0.15) is 0 Å². The van der Waals surface area contributed by atoms with Crippen LogP contribution in [0, 0.1) is 5.92 Å². The van der Waals surface area contributed by atoms with Gasteiger partial charge in [0.15, 0.2) is 0 Å². The van der Waals surface area contributed by atoms with Crippen LogP contribution >= 0.6 is 15.9 Å². The molecular formula is C17H24BrNO. The highest BCUT2D eigenvalue weighted by Crippen LogP contribution is 2.47. The molecule has 3 heteroatoms. The third-order valence-corrected chi connectivity index (χ3v) is 6.17.